The second-order valence-electron chi connectivity index (χ2n) is 3.19. The molecule has 8 heteroatoms. The van der Waals surface area contributed by atoms with Crippen LogP contribution < -0.4 is 0 Å². The monoisotopic (exact) mass is 354 g/mol. The lowest BCUT2D eigenvalue weighted by atomic mass is 10.4. The third kappa shape index (κ3) is 2.26. The smallest absolute Gasteiger partial charge is 0.194 e. The molecule has 2 heterocycles. The molecule has 0 spiro atoms. The summed E-state index contributed by atoms with van der Waals surface area (Å²) in [7, 11) is 0. The maximum atomic E-state index is 9.35. The minimum absolute atomic E-state index is 0.219. The van der Waals surface area contributed by atoms with Crippen LogP contribution in [-0.4, -0.2) is 42.4 Å². The zero-order valence-electron chi connectivity index (χ0n) is 8.01. The van der Waals surface area contributed by atoms with Crippen LogP contribution in [0.25, 0.3) is 11.2 Å². The number of halogens is 2. The van der Waals surface area contributed by atoms with Gasteiger partial charge < -0.3 is 14.8 Å². The minimum Gasteiger partial charge on any atom is -0.394 e. The second-order valence-corrected chi connectivity index (χ2v) is 4.51. The van der Waals surface area contributed by atoms with E-state index < -0.39 is 6.10 Å². The molecule has 16 heavy (non-hydrogen) atoms. The van der Waals surface area contributed by atoms with Crippen LogP contribution in [0.2, 0.25) is 5.15 Å². The highest BCUT2D eigenvalue weighted by Gasteiger charge is 2.12. The van der Waals surface area contributed by atoms with Crippen molar-refractivity contribution in [3.63, 3.8) is 0 Å². The lowest BCUT2D eigenvalue weighted by Crippen LogP contribution is -2.19. The van der Waals surface area contributed by atoms with Crippen LogP contribution in [0.15, 0.2) is 6.33 Å². The molecule has 6 nitrogen and oxygen atoms in total. The summed E-state index contributed by atoms with van der Waals surface area (Å²) in [5.74, 6) is 0. The summed E-state index contributed by atoms with van der Waals surface area (Å²) in [6, 6.07) is 0. The summed E-state index contributed by atoms with van der Waals surface area (Å²) in [5.41, 5.74) is 1.05. The molecule has 0 aromatic carbocycles. The zero-order chi connectivity index (χ0) is 11.7. The number of aliphatic hydroxyl groups is 2. The van der Waals surface area contributed by atoms with E-state index in [2.05, 4.69) is 15.0 Å². The van der Waals surface area contributed by atoms with Gasteiger partial charge in [-0.2, -0.15) is 0 Å². The second kappa shape index (κ2) is 4.78. The van der Waals surface area contributed by atoms with E-state index in [1.54, 1.807) is 4.57 Å². The Labute approximate surface area is 109 Å². The molecule has 0 amide bonds. The first kappa shape index (κ1) is 12.0. The summed E-state index contributed by atoms with van der Waals surface area (Å²) in [4.78, 5) is 12.2. The third-order valence-corrected chi connectivity index (χ3v) is 2.76. The van der Waals surface area contributed by atoms with E-state index in [0.717, 1.165) is 0 Å². The van der Waals surface area contributed by atoms with E-state index in [0.29, 0.717) is 15.0 Å². The SMILES string of the molecule is OCC(O)Cn1cnc2c(Cl)nc(I)nc21. The first-order chi connectivity index (χ1) is 7.61. The van der Waals surface area contributed by atoms with Crippen molar-refractivity contribution in [2.24, 2.45) is 0 Å². The van der Waals surface area contributed by atoms with Gasteiger partial charge in [-0.05, 0) is 0 Å². The summed E-state index contributed by atoms with van der Waals surface area (Å²) in [6.45, 7) is -0.0913. The topological polar surface area (TPSA) is 84.1 Å². The van der Waals surface area contributed by atoms with Gasteiger partial charge in [0.2, 0.25) is 0 Å². The fourth-order valence-corrected chi connectivity index (χ4v) is 2.13. The number of hydrogen-bond acceptors (Lipinski definition) is 5. The summed E-state index contributed by atoms with van der Waals surface area (Å²) in [5, 5.41) is 18.4. The molecule has 0 aliphatic rings. The summed E-state index contributed by atoms with van der Waals surface area (Å²) < 4.78 is 2.14. The Morgan fingerprint density at radius 2 is 2.25 bits per heavy atom. The van der Waals surface area contributed by atoms with Crippen LogP contribution >= 0.6 is 34.2 Å². The van der Waals surface area contributed by atoms with Crippen molar-refractivity contribution in [1.29, 1.82) is 0 Å². The largest absolute Gasteiger partial charge is 0.394 e. The highest BCUT2D eigenvalue weighted by atomic mass is 127. The minimum atomic E-state index is -0.844. The molecule has 0 saturated carbocycles. The quantitative estimate of drug-likeness (QED) is 0.475. The van der Waals surface area contributed by atoms with Crippen molar-refractivity contribution in [1.82, 2.24) is 19.5 Å². The van der Waals surface area contributed by atoms with Crippen LogP contribution in [-0.2, 0) is 6.54 Å². The van der Waals surface area contributed by atoms with Gasteiger partial charge in [-0.3, -0.25) is 0 Å². The molecule has 2 aromatic rings. The van der Waals surface area contributed by atoms with E-state index in [1.807, 2.05) is 22.6 Å². The van der Waals surface area contributed by atoms with Crippen LogP contribution in [0, 0.1) is 3.83 Å². The molecule has 2 aromatic heterocycles. The van der Waals surface area contributed by atoms with Gasteiger partial charge in [-0.1, -0.05) is 11.6 Å². The first-order valence-corrected chi connectivity index (χ1v) is 5.90. The molecular weight excluding hydrogens is 346 g/mol. The lowest BCUT2D eigenvalue weighted by molar-refractivity contribution is 0.0819. The summed E-state index contributed by atoms with van der Waals surface area (Å²) >= 11 is 7.85. The Bertz CT molecular complexity index is 518. The average molecular weight is 355 g/mol. The molecule has 86 valence electrons. The predicted octanol–water partition coefficient (Wildman–Crippen LogP) is 0.437. The molecule has 0 aliphatic carbocycles. The highest BCUT2D eigenvalue weighted by Crippen LogP contribution is 2.19. The number of rotatable bonds is 3. The Kier molecular flexibility index (Phi) is 3.57. The number of imidazole rings is 1. The van der Waals surface area contributed by atoms with Gasteiger partial charge >= 0.3 is 0 Å². The normalized spacial score (nSPS) is 13.2. The van der Waals surface area contributed by atoms with E-state index in [1.165, 1.54) is 6.33 Å². The van der Waals surface area contributed by atoms with Crippen molar-refractivity contribution in [2.45, 2.75) is 12.6 Å². The summed E-state index contributed by atoms with van der Waals surface area (Å²) in [6.07, 6.45) is 0.670. The molecule has 1 atom stereocenters. The number of aliphatic hydroxyl groups excluding tert-OH is 2. The molecule has 2 rings (SSSR count). The molecule has 1 unspecified atom stereocenters. The molecule has 0 saturated heterocycles. The van der Waals surface area contributed by atoms with Crippen LogP contribution in [0.1, 0.15) is 0 Å². The standard InChI is InChI=1S/C8H8ClIN4O2/c9-6-5-7(13-8(10)12-6)14(3-11-5)1-4(16)2-15/h3-4,15-16H,1-2H2. The third-order valence-electron chi connectivity index (χ3n) is 2.01. The van der Waals surface area contributed by atoms with E-state index >= 15 is 0 Å². The molecule has 0 radical (unpaired) electrons. The van der Waals surface area contributed by atoms with Crippen molar-refractivity contribution < 1.29 is 10.2 Å². The Hall–Kier alpha value is -0.510. The number of hydrogen-bond donors (Lipinski definition) is 2. The van der Waals surface area contributed by atoms with Crippen LogP contribution in [0.3, 0.4) is 0 Å². The van der Waals surface area contributed by atoms with Crippen LogP contribution in [0.4, 0.5) is 0 Å². The maximum Gasteiger partial charge on any atom is 0.194 e. The first-order valence-electron chi connectivity index (χ1n) is 4.44. The zero-order valence-corrected chi connectivity index (χ0v) is 10.9. The number of aromatic nitrogens is 4. The van der Waals surface area contributed by atoms with Gasteiger partial charge in [0.05, 0.1) is 25.6 Å². The van der Waals surface area contributed by atoms with Gasteiger partial charge in [-0.15, -0.1) is 0 Å². The van der Waals surface area contributed by atoms with Crippen molar-refractivity contribution in [3.05, 3.63) is 15.3 Å². The van der Waals surface area contributed by atoms with Gasteiger partial charge in [0.15, 0.2) is 14.6 Å². The fraction of sp³-hybridized carbons (Fsp3) is 0.375. The molecule has 0 aliphatic heterocycles. The van der Waals surface area contributed by atoms with Crippen LogP contribution in [0.5, 0.6) is 0 Å². The van der Waals surface area contributed by atoms with Gasteiger partial charge in [0, 0.05) is 22.6 Å². The molecule has 2 N–H and O–H groups in total. The number of fused-ring (bicyclic) bond motifs is 1. The Morgan fingerprint density at radius 3 is 2.94 bits per heavy atom. The van der Waals surface area contributed by atoms with Gasteiger partial charge in [0.25, 0.3) is 0 Å². The van der Waals surface area contributed by atoms with Gasteiger partial charge in [-0.25, -0.2) is 15.0 Å². The predicted molar refractivity (Wildman–Crippen MR) is 66.1 cm³/mol. The van der Waals surface area contributed by atoms with E-state index in [-0.39, 0.29) is 18.3 Å². The molecular formula is C8H8ClIN4O2. The van der Waals surface area contributed by atoms with Crippen molar-refractivity contribution in [2.75, 3.05) is 6.61 Å². The number of nitrogens with zero attached hydrogens (tertiary/aromatic N) is 4. The Balaban J connectivity index is 2.47. The fourth-order valence-electron chi connectivity index (χ4n) is 1.30. The maximum absolute atomic E-state index is 9.35. The average Bonchev–Trinajstić information content (AvgIpc) is 2.61. The van der Waals surface area contributed by atoms with E-state index in [9.17, 15) is 5.11 Å². The van der Waals surface area contributed by atoms with Crippen molar-refractivity contribution >= 4 is 45.4 Å². The van der Waals surface area contributed by atoms with Crippen molar-refractivity contribution in [3.8, 4) is 0 Å². The molecule has 0 bridgehead atoms. The lowest BCUT2D eigenvalue weighted by Gasteiger charge is -2.08. The Morgan fingerprint density at radius 1 is 1.50 bits per heavy atom. The van der Waals surface area contributed by atoms with Gasteiger partial charge in [0.1, 0.15) is 5.52 Å². The molecule has 0 fully saturated rings. The van der Waals surface area contributed by atoms with E-state index in [4.69, 9.17) is 16.7 Å². The highest BCUT2D eigenvalue weighted by molar-refractivity contribution is 14.1.